The second-order valence-electron chi connectivity index (χ2n) is 2.94. The van der Waals surface area contributed by atoms with E-state index in [9.17, 15) is 4.79 Å². The fraction of sp³-hybridized carbons (Fsp3) is 0.250. The Morgan fingerprint density at radius 3 is 3.00 bits per heavy atom. The largest absolute Gasteiger partial charge is 0.383 e. The highest BCUT2D eigenvalue weighted by molar-refractivity contribution is 5.38. The zero-order valence-electron chi connectivity index (χ0n) is 7.90. The smallest absolute Gasteiger partial charge is 0.266 e. The van der Waals surface area contributed by atoms with Crippen molar-refractivity contribution < 1.29 is 0 Å². The standard InChI is InChI=1S/C8H10N6O/c15-8-3-6(4-11-14-8)9-2-1-7-10-5-12-13-7/h3-5H,1-2H2,(H2,9,14,15)(H,10,12,13). The molecule has 0 unspecified atom stereocenters. The van der Waals surface area contributed by atoms with Gasteiger partial charge in [0.2, 0.25) is 0 Å². The van der Waals surface area contributed by atoms with E-state index in [0.717, 1.165) is 5.82 Å². The average molecular weight is 206 g/mol. The van der Waals surface area contributed by atoms with E-state index >= 15 is 0 Å². The van der Waals surface area contributed by atoms with Crippen molar-refractivity contribution in [1.29, 1.82) is 0 Å². The topological polar surface area (TPSA) is 99.3 Å². The van der Waals surface area contributed by atoms with E-state index in [4.69, 9.17) is 0 Å². The summed E-state index contributed by atoms with van der Waals surface area (Å²) in [6.07, 6.45) is 3.73. The maximum Gasteiger partial charge on any atom is 0.266 e. The van der Waals surface area contributed by atoms with Crippen molar-refractivity contribution in [2.75, 3.05) is 11.9 Å². The lowest BCUT2D eigenvalue weighted by Crippen LogP contribution is -2.11. The lowest BCUT2D eigenvalue weighted by Gasteiger charge is -2.02. The molecule has 0 fully saturated rings. The van der Waals surface area contributed by atoms with Crippen LogP contribution < -0.4 is 10.9 Å². The number of nitrogens with one attached hydrogen (secondary N) is 3. The van der Waals surface area contributed by atoms with Gasteiger partial charge in [-0.1, -0.05) is 0 Å². The maximum atomic E-state index is 10.9. The molecule has 15 heavy (non-hydrogen) atoms. The number of aromatic amines is 2. The van der Waals surface area contributed by atoms with Crippen molar-refractivity contribution >= 4 is 5.69 Å². The summed E-state index contributed by atoms with van der Waals surface area (Å²) in [4.78, 5) is 14.9. The van der Waals surface area contributed by atoms with Crippen molar-refractivity contribution in [2.45, 2.75) is 6.42 Å². The highest BCUT2D eigenvalue weighted by Gasteiger charge is 1.96. The molecular formula is C8H10N6O. The number of hydrogen-bond donors (Lipinski definition) is 3. The molecule has 0 amide bonds. The number of H-pyrrole nitrogens is 2. The Morgan fingerprint density at radius 1 is 1.33 bits per heavy atom. The van der Waals surface area contributed by atoms with Crippen molar-refractivity contribution in [3.8, 4) is 0 Å². The first-order chi connectivity index (χ1) is 7.34. The molecule has 0 radical (unpaired) electrons. The molecule has 0 saturated heterocycles. The van der Waals surface area contributed by atoms with Crippen LogP contribution in [0, 0.1) is 0 Å². The van der Waals surface area contributed by atoms with Gasteiger partial charge >= 0.3 is 0 Å². The van der Waals surface area contributed by atoms with E-state index in [0.29, 0.717) is 18.7 Å². The third-order valence-corrected chi connectivity index (χ3v) is 1.82. The van der Waals surface area contributed by atoms with Gasteiger partial charge in [-0.25, -0.2) is 10.1 Å². The first kappa shape index (κ1) is 9.38. The lowest BCUT2D eigenvalue weighted by atomic mass is 10.4. The van der Waals surface area contributed by atoms with Crippen molar-refractivity contribution in [3.05, 3.63) is 34.8 Å². The van der Waals surface area contributed by atoms with Crippen LogP contribution in [-0.4, -0.2) is 31.9 Å². The molecule has 0 bridgehead atoms. The zero-order chi connectivity index (χ0) is 10.5. The lowest BCUT2D eigenvalue weighted by molar-refractivity contribution is 0.896. The first-order valence-electron chi connectivity index (χ1n) is 4.47. The minimum Gasteiger partial charge on any atom is -0.383 e. The van der Waals surface area contributed by atoms with Gasteiger partial charge in [-0.05, 0) is 0 Å². The first-order valence-corrected chi connectivity index (χ1v) is 4.47. The second kappa shape index (κ2) is 4.36. The molecule has 0 spiro atoms. The fourth-order valence-electron chi connectivity index (χ4n) is 1.15. The predicted molar refractivity (Wildman–Crippen MR) is 53.4 cm³/mol. The Hall–Kier alpha value is -2.18. The van der Waals surface area contributed by atoms with Crippen LogP contribution in [0.3, 0.4) is 0 Å². The van der Waals surface area contributed by atoms with E-state index in [1.165, 1.54) is 12.4 Å². The molecule has 0 aliphatic rings. The van der Waals surface area contributed by atoms with Crippen LogP contribution in [0.4, 0.5) is 5.69 Å². The molecule has 2 heterocycles. The van der Waals surface area contributed by atoms with E-state index in [1.54, 1.807) is 6.20 Å². The van der Waals surface area contributed by atoms with Crippen LogP contribution in [0.5, 0.6) is 0 Å². The number of anilines is 1. The Bertz CT molecular complexity index is 462. The maximum absolute atomic E-state index is 10.9. The summed E-state index contributed by atoms with van der Waals surface area (Å²) in [7, 11) is 0. The molecule has 0 saturated carbocycles. The summed E-state index contributed by atoms with van der Waals surface area (Å²) < 4.78 is 0. The predicted octanol–water partition coefficient (Wildman–Crippen LogP) is -0.457. The third-order valence-electron chi connectivity index (χ3n) is 1.82. The van der Waals surface area contributed by atoms with Gasteiger partial charge in [-0.3, -0.25) is 9.89 Å². The van der Waals surface area contributed by atoms with Gasteiger partial charge < -0.3 is 5.32 Å². The molecule has 7 nitrogen and oxygen atoms in total. The Labute approximate surface area is 85.0 Å². The Kier molecular flexibility index (Phi) is 2.72. The Balaban J connectivity index is 1.86. The summed E-state index contributed by atoms with van der Waals surface area (Å²) in [6, 6.07) is 1.45. The van der Waals surface area contributed by atoms with Gasteiger partial charge in [0.1, 0.15) is 12.2 Å². The minimum absolute atomic E-state index is 0.223. The quantitative estimate of drug-likeness (QED) is 0.628. The number of rotatable bonds is 4. The molecule has 0 atom stereocenters. The van der Waals surface area contributed by atoms with Gasteiger partial charge in [0, 0.05) is 19.0 Å². The van der Waals surface area contributed by atoms with Gasteiger partial charge in [0.15, 0.2) is 0 Å². The van der Waals surface area contributed by atoms with Gasteiger partial charge in [-0.15, -0.1) is 0 Å². The fourth-order valence-corrected chi connectivity index (χ4v) is 1.15. The summed E-state index contributed by atoms with van der Waals surface area (Å²) in [5.41, 5.74) is 0.470. The minimum atomic E-state index is -0.223. The molecule has 78 valence electrons. The molecule has 0 aromatic carbocycles. The highest BCUT2D eigenvalue weighted by atomic mass is 16.1. The SMILES string of the molecule is O=c1cc(NCCc2ncn[nH]2)cn[nH]1. The number of nitrogens with zero attached hydrogens (tertiary/aromatic N) is 3. The molecule has 0 aliphatic heterocycles. The molecule has 0 aliphatic carbocycles. The van der Waals surface area contributed by atoms with Crippen LogP contribution >= 0.6 is 0 Å². The highest BCUT2D eigenvalue weighted by Crippen LogP contribution is 1.98. The molecule has 7 heteroatoms. The molecular weight excluding hydrogens is 196 g/mol. The number of hydrogen-bond acceptors (Lipinski definition) is 5. The Morgan fingerprint density at radius 2 is 2.27 bits per heavy atom. The molecule has 2 rings (SSSR count). The van der Waals surface area contributed by atoms with Crippen molar-refractivity contribution in [3.63, 3.8) is 0 Å². The molecule has 2 aromatic heterocycles. The second-order valence-corrected chi connectivity index (χ2v) is 2.94. The van der Waals surface area contributed by atoms with Gasteiger partial charge in [0.05, 0.1) is 11.9 Å². The monoisotopic (exact) mass is 206 g/mol. The molecule has 2 aromatic rings. The van der Waals surface area contributed by atoms with Gasteiger partial charge in [-0.2, -0.15) is 10.2 Å². The summed E-state index contributed by atoms with van der Waals surface area (Å²) >= 11 is 0. The van der Waals surface area contributed by atoms with Crippen LogP contribution in [-0.2, 0) is 6.42 Å². The van der Waals surface area contributed by atoms with E-state index in [-0.39, 0.29) is 5.56 Å². The zero-order valence-corrected chi connectivity index (χ0v) is 7.90. The number of aromatic nitrogens is 5. The van der Waals surface area contributed by atoms with Crippen LogP contribution in [0.15, 0.2) is 23.4 Å². The summed E-state index contributed by atoms with van der Waals surface area (Å²) in [5.74, 6) is 0.806. The molecule has 3 N–H and O–H groups in total. The van der Waals surface area contributed by atoms with E-state index in [2.05, 4.69) is 30.7 Å². The van der Waals surface area contributed by atoms with Crippen LogP contribution in [0.2, 0.25) is 0 Å². The normalized spacial score (nSPS) is 10.1. The van der Waals surface area contributed by atoms with Crippen LogP contribution in [0.1, 0.15) is 5.82 Å². The van der Waals surface area contributed by atoms with E-state index in [1.807, 2.05) is 0 Å². The third kappa shape index (κ3) is 2.63. The summed E-state index contributed by atoms with van der Waals surface area (Å²) in [5, 5.41) is 15.5. The average Bonchev–Trinajstić information content (AvgIpc) is 2.71. The van der Waals surface area contributed by atoms with Gasteiger partial charge in [0.25, 0.3) is 5.56 Å². The van der Waals surface area contributed by atoms with Crippen LogP contribution in [0.25, 0.3) is 0 Å². The van der Waals surface area contributed by atoms with Crippen molar-refractivity contribution in [1.82, 2.24) is 25.4 Å². The summed E-state index contributed by atoms with van der Waals surface area (Å²) in [6.45, 7) is 0.667. The van der Waals surface area contributed by atoms with E-state index < -0.39 is 0 Å². The van der Waals surface area contributed by atoms with Crippen molar-refractivity contribution in [2.24, 2.45) is 0 Å².